The summed E-state index contributed by atoms with van der Waals surface area (Å²) in [7, 11) is 1.24. The van der Waals surface area contributed by atoms with Gasteiger partial charge in [0.05, 0.1) is 20.3 Å². The number of azide groups is 2. The molecule has 40 heavy (non-hydrogen) atoms. The van der Waals surface area contributed by atoms with Gasteiger partial charge < -0.3 is 42.6 Å². The van der Waals surface area contributed by atoms with Crippen molar-refractivity contribution in [2.75, 3.05) is 26.9 Å². The molecule has 16 nitrogen and oxygen atoms in total. The lowest BCUT2D eigenvalue weighted by Gasteiger charge is -2.48. The predicted octanol–water partition coefficient (Wildman–Crippen LogP) is 2.63. The van der Waals surface area contributed by atoms with Crippen LogP contribution in [0.3, 0.4) is 0 Å². The molecule has 4 heterocycles. The van der Waals surface area contributed by atoms with Crippen molar-refractivity contribution in [3.05, 3.63) is 56.8 Å². The van der Waals surface area contributed by atoms with Gasteiger partial charge in [-0.25, -0.2) is 4.79 Å². The molecule has 4 saturated heterocycles. The fourth-order valence-corrected chi connectivity index (χ4v) is 5.20. The summed E-state index contributed by atoms with van der Waals surface area (Å²) in [5.41, 5.74) is 19.1. The van der Waals surface area contributed by atoms with Crippen molar-refractivity contribution >= 4 is 5.97 Å². The van der Waals surface area contributed by atoms with Crippen molar-refractivity contribution in [1.29, 1.82) is 0 Å². The highest BCUT2D eigenvalue weighted by Gasteiger charge is 2.56. The molecule has 0 bridgehead atoms. The molecule has 5 rings (SSSR count). The first-order valence-corrected chi connectivity index (χ1v) is 12.7. The molecule has 4 fully saturated rings. The summed E-state index contributed by atoms with van der Waals surface area (Å²) in [6.07, 6.45) is -7.09. The third-order valence-electron chi connectivity index (χ3n) is 6.90. The molecule has 0 amide bonds. The van der Waals surface area contributed by atoms with Crippen molar-refractivity contribution < 1.29 is 47.4 Å². The third-order valence-corrected chi connectivity index (χ3v) is 6.90. The Kier molecular flexibility index (Phi) is 8.73. The number of methoxy groups -OCH3 is 1. The number of ether oxygens (including phenoxy) is 9. The van der Waals surface area contributed by atoms with E-state index in [4.69, 9.17) is 48.2 Å². The average Bonchev–Trinajstić information content (AvgIpc) is 3.44. The maximum Gasteiger partial charge on any atom is 0.331 e. The summed E-state index contributed by atoms with van der Waals surface area (Å²) in [6.45, 7) is 3.09. The zero-order valence-corrected chi connectivity index (χ0v) is 22.0. The van der Waals surface area contributed by atoms with Gasteiger partial charge in [0.25, 0.3) is 0 Å². The van der Waals surface area contributed by atoms with E-state index in [1.54, 1.807) is 13.8 Å². The Morgan fingerprint density at radius 2 is 1.77 bits per heavy atom. The van der Waals surface area contributed by atoms with Gasteiger partial charge in [0, 0.05) is 15.4 Å². The lowest BCUT2D eigenvalue weighted by Crippen LogP contribution is -2.62. The highest BCUT2D eigenvalue weighted by atomic mass is 16.8. The second-order valence-corrected chi connectivity index (χ2v) is 9.93. The van der Waals surface area contributed by atoms with Gasteiger partial charge in [0.1, 0.15) is 49.3 Å². The number of carbonyl (C=O) groups is 1. The smallest absolute Gasteiger partial charge is 0.331 e. The summed E-state index contributed by atoms with van der Waals surface area (Å²) in [5, 5.41) is 7.56. The van der Waals surface area contributed by atoms with Crippen LogP contribution in [0.25, 0.3) is 20.9 Å². The molecule has 16 heteroatoms. The molecule has 0 spiro atoms. The van der Waals surface area contributed by atoms with Crippen molar-refractivity contribution in [3.63, 3.8) is 0 Å². The zero-order chi connectivity index (χ0) is 28.3. The molecule has 0 aromatic heterocycles. The van der Waals surface area contributed by atoms with Crippen molar-refractivity contribution in [2.45, 2.75) is 81.1 Å². The van der Waals surface area contributed by atoms with E-state index in [2.05, 4.69) is 20.1 Å². The first-order chi connectivity index (χ1) is 19.3. The third kappa shape index (κ3) is 6.01. The molecule has 216 valence electrons. The summed E-state index contributed by atoms with van der Waals surface area (Å²) >= 11 is 0. The van der Waals surface area contributed by atoms with Gasteiger partial charge in [0.15, 0.2) is 24.6 Å². The summed E-state index contributed by atoms with van der Waals surface area (Å²) in [6, 6.07) is 8.22. The van der Waals surface area contributed by atoms with E-state index in [9.17, 15) is 10.3 Å². The lowest BCUT2D eigenvalue weighted by atomic mass is 9.96. The minimum atomic E-state index is -1.13. The molecule has 1 aromatic carbocycles. The van der Waals surface area contributed by atoms with Gasteiger partial charge >= 0.3 is 5.97 Å². The van der Waals surface area contributed by atoms with E-state index in [0.717, 1.165) is 5.56 Å². The van der Waals surface area contributed by atoms with Crippen LogP contribution in [0.2, 0.25) is 0 Å². The minimum absolute atomic E-state index is 0.0877. The summed E-state index contributed by atoms with van der Waals surface area (Å²) in [5.74, 6) is -1.54. The molecule has 10 atom stereocenters. The quantitative estimate of drug-likeness (QED) is 0.187. The number of esters is 1. The maximum absolute atomic E-state index is 11.9. The number of rotatable bonds is 9. The van der Waals surface area contributed by atoms with Crippen LogP contribution in [-0.4, -0.2) is 93.9 Å². The summed E-state index contributed by atoms with van der Waals surface area (Å²) in [4.78, 5) is 17.7. The minimum Gasteiger partial charge on any atom is -0.467 e. The standard InChI is InChI=1S/C24H30N6O10/c1-24(2)39-18-14(36-21(28-30-26)20(18)40-24)10-35-23-16(27-29-25)19(33-11-15(31)32-3)17-13(37-23)9-34-22(38-17)12-7-5-4-6-8-12/h4-8,13-14,16-23H,9-11H2,1-3H3/t13?,14-,16?,17-,18-,19-,20?,21?,22?,23?/m1/s1. The molecule has 1 aromatic rings. The molecule has 6 unspecified atom stereocenters. The van der Waals surface area contributed by atoms with E-state index < -0.39 is 79.8 Å². The monoisotopic (exact) mass is 562 g/mol. The fourth-order valence-electron chi connectivity index (χ4n) is 5.20. The van der Waals surface area contributed by atoms with E-state index >= 15 is 0 Å². The number of benzene rings is 1. The number of fused-ring (bicyclic) bond motifs is 2. The number of hydrogen-bond acceptors (Lipinski definition) is 12. The molecular weight excluding hydrogens is 532 g/mol. The van der Waals surface area contributed by atoms with Crippen LogP contribution in [-0.2, 0) is 47.4 Å². The van der Waals surface area contributed by atoms with E-state index in [1.807, 2.05) is 30.3 Å². The largest absolute Gasteiger partial charge is 0.467 e. The van der Waals surface area contributed by atoms with Crippen LogP contribution in [0, 0.1) is 0 Å². The number of hydrogen-bond donors (Lipinski definition) is 0. The lowest BCUT2D eigenvalue weighted by molar-refractivity contribution is -0.347. The maximum atomic E-state index is 11.9. The molecule has 4 aliphatic rings. The van der Waals surface area contributed by atoms with E-state index in [1.165, 1.54) is 7.11 Å². The SMILES string of the molecule is COC(=O)CO[C@@H]1C(N=[N+]=[N-])C(OC[C@H]2OC(N=[N+]=[N-])C3OC(C)(C)O[C@@H]32)OC2COC(c3ccccc3)O[C@H]21. The highest BCUT2D eigenvalue weighted by molar-refractivity contribution is 5.70. The number of carbonyl (C=O) groups excluding carboxylic acids is 1. The molecule has 0 N–H and O–H groups in total. The van der Waals surface area contributed by atoms with Gasteiger partial charge in [-0.15, -0.1) is 0 Å². The van der Waals surface area contributed by atoms with E-state index in [0.29, 0.717) is 0 Å². The Hall–Kier alpha value is -3.01. The van der Waals surface area contributed by atoms with Crippen LogP contribution < -0.4 is 0 Å². The topological polar surface area (TPSA) is 198 Å². The van der Waals surface area contributed by atoms with Crippen LogP contribution in [0.5, 0.6) is 0 Å². The van der Waals surface area contributed by atoms with E-state index in [-0.39, 0.29) is 13.2 Å². The first kappa shape index (κ1) is 28.5. The van der Waals surface area contributed by atoms with Crippen molar-refractivity contribution in [3.8, 4) is 0 Å². The zero-order valence-electron chi connectivity index (χ0n) is 22.0. The van der Waals surface area contributed by atoms with Gasteiger partial charge in [-0.1, -0.05) is 40.6 Å². The normalized spacial score (nSPS) is 37.9. The molecule has 0 aliphatic carbocycles. The Labute approximate surface area is 228 Å². The van der Waals surface area contributed by atoms with Crippen molar-refractivity contribution in [1.82, 2.24) is 0 Å². The van der Waals surface area contributed by atoms with Gasteiger partial charge in [-0.3, -0.25) is 0 Å². The van der Waals surface area contributed by atoms with Crippen LogP contribution in [0.1, 0.15) is 25.7 Å². The number of nitrogens with zero attached hydrogens (tertiary/aromatic N) is 6. The first-order valence-electron chi connectivity index (χ1n) is 12.7. The van der Waals surface area contributed by atoms with Gasteiger partial charge in [0.2, 0.25) is 0 Å². The van der Waals surface area contributed by atoms with Crippen LogP contribution >= 0.6 is 0 Å². The predicted molar refractivity (Wildman–Crippen MR) is 131 cm³/mol. The molecular formula is C24H30N6O10. The molecule has 0 radical (unpaired) electrons. The van der Waals surface area contributed by atoms with Crippen molar-refractivity contribution in [2.24, 2.45) is 10.2 Å². The molecule has 4 aliphatic heterocycles. The second-order valence-electron chi connectivity index (χ2n) is 9.93. The molecule has 0 saturated carbocycles. The Bertz CT molecular complexity index is 1150. The Morgan fingerprint density at radius 3 is 2.50 bits per heavy atom. The Balaban J connectivity index is 1.34. The van der Waals surface area contributed by atoms with Crippen LogP contribution in [0.4, 0.5) is 0 Å². The van der Waals surface area contributed by atoms with Crippen LogP contribution in [0.15, 0.2) is 40.6 Å². The summed E-state index contributed by atoms with van der Waals surface area (Å²) < 4.78 is 52.6. The highest BCUT2D eigenvalue weighted by Crippen LogP contribution is 2.41. The van der Waals surface area contributed by atoms with Gasteiger partial charge in [-0.05, 0) is 24.9 Å². The average molecular weight is 563 g/mol. The fraction of sp³-hybridized carbons (Fsp3) is 0.708. The second kappa shape index (κ2) is 12.2. The van der Waals surface area contributed by atoms with Gasteiger partial charge in [-0.2, -0.15) is 0 Å². The Morgan fingerprint density at radius 1 is 1.02 bits per heavy atom.